The molecule has 2 aromatic heterocycles. The molecule has 0 aliphatic carbocycles. The minimum Gasteiger partial charge on any atom is -0.478 e. The Labute approximate surface area is 104 Å². The predicted molar refractivity (Wildman–Crippen MR) is 67.2 cm³/mol. The van der Waals surface area contributed by atoms with Gasteiger partial charge in [-0.25, -0.2) is 9.78 Å². The van der Waals surface area contributed by atoms with Crippen LogP contribution in [0.4, 0.5) is 11.5 Å². The van der Waals surface area contributed by atoms with Gasteiger partial charge in [0.25, 0.3) is 0 Å². The number of aromatic carboxylic acids is 1. The maximum Gasteiger partial charge on any atom is 0.339 e. The molecule has 2 rings (SSSR count). The maximum atomic E-state index is 11.2. The normalized spacial score (nSPS) is 10.4. The molecule has 6 heteroatoms. The van der Waals surface area contributed by atoms with Crippen molar-refractivity contribution >= 4 is 17.5 Å². The summed E-state index contributed by atoms with van der Waals surface area (Å²) in [5, 5.41) is 16.2. The molecule has 0 bridgehead atoms. The van der Waals surface area contributed by atoms with E-state index < -0.39 is 5.97 Å². The van der Waals surface area contributed by atoms with Crippen molar-refractivity contribution in [1.82, 2.24) is 14.8 Å². The summed E-state index contributed by atoms with van der Waals surface area (Å²) in [5.74, 6) is -0.653. The van der Waals surface area contributed by atoms with Crippen LogP contribution in [0.2, 0.25) is 0 Å². The number of pyridine rings is 1. The third kappa shape index (κ3) is 2.32. The van der Waals surface area contributed by atoms with Crippen LogP contribution in [0.3, 0.4) is 0 Å². The van der Waals surface area contributed by atoms with Gasteiger partial charge in [-0.15, -0.1) is 0 Å². The smallest absolute Gasteiger partial charge is 0.339 e. The Kier molecular flexibility index (Phi) is 3.01. The molecular formula is C12H14N4O2. The van der Waals surface area contributed by atoms with E-state index in [2.05, 4.69) is 15.4 Å². The molecule has 2 N–H and O–H groups in total. The summed E-state index contributed by atoms with van der Waals surface area (Å²) in [6.07, 6.45) is 3.37. The molecule has 0 amide bonds. The van der Waals surface area contributed by atoms with Crippen LogP contribution in [0.5, 0.6) is 0 Å². The first-order chi connectivity index (χ1) is 8.47. The minimum atomic E-state index is -0.994. The highest BCUT2D eigenvalue weighted by molar-refractivity contribution is 5.95. The van der Waals surface area contributed by atoms with E-state index >= 15 is 0 Å². The zero-order chi connectivity index (χ0) is 13.3. The van der Waals surface area contributed by atoms with Crippen molar-refractivity contribution in [2.24, 2.45) is 7.05 Å². The summed E-state index contributed by atoms with van der Waals surface area (Å²) >= 11 is 0. The monoisotopic (exact) mass is 246 g/mol. The fourth-order valence-electron chi connectivity index (χ4n) is 1.82. The van der Waals surface area contributed by atoms with Gasteiger partial charge in [-0.05, 0) is 25.5 Å². The zero-order valence-electron chi connectivity index (χ0n) is 10.4. The van der Waals surface area contributed by atoms with Crippen molar-refractivity contribution < 1.29 is 9.90 Å². The maximum absolute atomic E-state index is 11.2. The molecule has 0 atom stereocenters. The third-order valence-corrected chi connectivity index (χ3v) is 2.53. The van der Waals surface area contributed by atoms with E-state index in [1.165, 1.54) is 0 Å². The molecule has 0 spiro atoms. The van der Waals surface area contributed by atoms with Crippen molar-refractivity contribution in [1.29, 1.82) is 0 Å². The van der Waals surface area contributed by atoms with Crippen molar-refractivity contribution in [2.45, 2.75) is 13.8 Å². The van der Waals surface area contributed by atoms with Crippen molar-refractivity contribution in [3.8, 4) is 0 Å². The first-order valence-electron chi connectivity index (χ1n) is 5.44. The number of anilines is 2. The molecule has 2 aromatic rings. The van der Waals surface area contributed by atoms with E-state index in [1.807, 2.05) is 6.92 Å². The number of carboxylic acid groups (broad SMARTS) is 1. The SMILES string of the molecule is Cc1cc(C)c(C(=O)O)c(Nc2cnn(C)c2)n1. The second-order valence-corrected chi connectivity index (χ2v) is 4.14. The summed E-state index contributed by atoms with van der Waals surface area (Å²) in [4.78, 5) is 15.5. The molecule has 94 valence electrons. The molecule has 0 aromatic carbocycles. The number of nitrogens with zero attached hydrogens (tertiary/aromatic N) is 3. The Balaban J connectivity index is 2.45. The largest absolute Gasteiger partial charge is 0.478 e. The summed E-state index contributed by atoms with van der Waals surface area (Å²) in [5.41, 5.74) is 2.34. The highest BCUT2D eigenvalue weighted by atomic mass is 16.4. The standard InChI is InChI=1S/C12H14N4O2/c1-7-4-8(2)14-11(10(7)12(17)18)15-9-5-13-16(3)6-9/h4-6H,1-3H3,(H,14,15)(H,17,18). The number of carbonyl (C=O) groups is 1. The number of aryl methyl sites for hydroxylation is 3. The molecule has 2 heterocycles. The fourth-order valence-corrected chi connectivity index (χ4v) is 1.82. The van der Waals surface area contributed by atoms with Gasteiger partial charge < -0.3 is 10.4 Å². The fraction of sp³-hybridized carbons (Fsp3) is 0.250. The topological polar surface area (TPSA) is 80.0 Å². The Bertz CT molecular complexity index is 604. The Hall–Kier alpha value is -2.37. The first-order valence-corrected chi connectivity index (χ1v) is 5.44. The van der Waals surface area contributed by atoms with Crippen LogP contribution in [0.1, 0.15) is 21.6 Å². The summed E-state index contributed by atoms with van der Waals surface area (Å²) < 4.78 is 1.63. The first kappa shape index (κ1) is 12.1. The number of nitrogens with one attached hydrogen (secondary N) is 1. The lowest BCUT2D eigenvalue weighted by Gasteiger charge is -2.10. The van der Waals surface area contributed by atoms with E-state index in [4.69, 9.17) is 0 Å². The van der Waals surface area contributed by atoms with Gasteiger partial charge in [-0.2, -0.15) is 5.10 Å². The second-order valence-electron chi connectivity index (χ2n) is 4.14. The lowest BCUT2D eigenvalue weighted by molar-refractivity contribution is 0.0697. The quantitative estimate of drug-likeness (QED) is 0.864. The number of carboxylic acids is 1. The van der Waals surface area contributed by atoms with Crippen LogP contribution in [-0.4, -0.2) is 25.8 Å². The van der Waals surface area contributed by atoms with Gasteiger partial charge in [0, 0.05) is 18.9 Å². The molecule has 0 fully saturated rings. The third-order valence-electron chi connectivity index (χ3n) is 2.53. The number of aromatic nitrogens is 3. The van der Waals surface area contributed by atoms with Gasteiger partial charge in [0.15, 0.2) is 0 Å². The molecule has 0 unspecified atom stereocenters. The van der Waals surface area contributed by atoms with Gasteiger partial charge in [-0.1, -0.05) is 0 Å². The Morgan fingerprint density at radius 2 is 2.17 bits per heavy atom. The van der Waals surface area contributed by atoms with Crippen LogP contribution < -0.4 is 5.32 Å². The van der Waals surface area contributed by atoms with Gasteiger partial charge in [0.05, 0.1) is 11.9 Å². The summed E-state index contributed by atoms with van der Waals surface area (Å²) in [6.45, 7) is 3.58. The zero-order valence-corrected chi connectivity index (χ0v) is 10.4. The number of rotatable bonds is 3. The summed E-state index contributed by atoms with van der Waals surface area (Å²) in [6, 6.07) is 1.75. The second kappa shape index (κ2) is 4.48. The molecule has 0 saturated carbocycles. The number of hydrogen-bond acceptors (Lipinski definition) is 4. The molecule has 0 aliphatic rings. The highest BCUT2D eigenvalue weighted by Crippen LogP contribution is 2.22. The van der Waals surface area contributed by atoms with Crippen molar-refractivity contribution in [3.05, 3.63) is 35.3 Å². The average Bonchev–Trinajstić information content (AvgIpc) is 2.62. The molecule has 6 nitrogen and oxygen atoms in total. The number of hydrogen-bond donors (Lipinski definition) is 2. The molecule has 18 heavy (non-hydrogen) atoms. The van der Waals surface area contributed by atoms with Crippen LogP contribution >= 0.6 is 0 Å². The average molecular weight is 246 g/mol. The lowest BCUT2D eigenvalue weighted by atomic mass is 10.1. The van der Waals surface area contributed by atoms with Gasteiger partial charge in [0.2, 0.25) is 0 Å². The highest BCUT2D eigenvalue weighted by Gasteiger charge is 2.16. The molecule has 0 saturated heterocycles. The van der Waals surface area contributed by atoms with E-state index in [0.29, 0.717) is 17.1 Å². The van der Waals surface area contributed by atoms with Gasteiger partial charge >= 0.3 is 5.97 Å². The van der Waals surface area contributed by atoms with Gasteiger partial charge in [0.1, 0.15) is 11.4 Å². The molecular weight excluding hydrogens is 232 g/mol. The molecule has 0 aliphatic heterocycles. The Morgan fingerprint density at radius 3 is 2.72 bits per heavy atom. The van der Waals surface area contributed by atoms with E-state index in [0.717, 1.165) is 5.69 Å². The Morgan fingerprint density at radius 1 is 1.44 bits per heavy atom. The lowest BCUT2D eigenvalue weighted by Crippen LogP contribution is -2.08. The van der Waals surface area contributed by atoms with Gasteiger partial charge in [-0.3, -0.25) is 4.68 Å². The van der Waals surface area contributed by atoms with Crippen LogP contribution in [0.15, 0.2) is 18.5 Å². The molecule has 0 radical (unpaired) electrons. The van der Waals surface area contributed by atoms with Crippen LogP contribution in [0.25, 0.3) is 0 Å². The minimum absolute atomic E-state index is 0.185. The van der Waals surface area contributed by atoms with E-state index in [1.54, 1.807) is 37.1 Å². The van der Waals surface area contributed by atoms with Crippen molar-refractivity contribution in [2.75, 3.05) is 5.32 Å². The van der Waals surface area contributed by atoms with E-state index in [-0.39, 0.29) is 5.56 Å². The summed E-state index contributed by atoms with van der Waals surface area (Å²) in [7, 11) is 1.79. The van der Waals surface area contributed by atoms with Crippen LogP contribution in [0, 0.1) is 13.8 Å². The van der Waals surface area contributed by atoms with E-state index in [9.17, 15) is 9.90 Å². The predicted octanol–water partition coefficient (Wildman–Crippen LogP) is 1.87. The van der Waals surface area contributed by atoms with Crippen LogP contribution in [-0.2, 0) is 7.05 Å². The van der Waals surface area contributed by atoms with Crippen molar-refractivity contribution in [3.63, 3.8) is 0 Å².